The Morgan fingerprint density at radius 1 is 1.00 bits per heavy atom. The van der Waals surface area contributed by atoms with Crippen LogP contribution in [0, 0.1) is 6.92 Å². The highest BCUT2D eigenvalue weighted by atomic mass is 16.2. The van der Waals surface area contributed by atoms with Gasteiger partial charge < -0.3 is 10.6 Å². The number of nitrogens with one attached hydrogen (secondary N) is 2. The van der Waals surface area contributed by atoms with Crippen molar-refractivity contribution < 1.29 is 14.4 Å². The average Bonchev–Trinajstić information content (AvgIpc) is 2.63. The number of Topliss-reactive ketones (excluding diaryl/α,β-unsaturated/α-hetero) is 1. The number of amides is 2. The molecule has 0 unspecified atom stereocenters. The van der Waals surface area contributed by atoms with Crippen molar-refractivity contribution in [2.75, 3.05) is 24.2 Å². The van der Waals surface area contributed by atoms with Crippen LogP contribution in [0.2, 0.25) is 0 Å². The van der Waals surface area contributed by atoms with Gasteiger partial charge in [0.15, 0.2) is 5.78 Å². The predicted molar refractivity (Wildman–Crippen MR) is 107 cm³/mol. The number of likely N-dealkylation sites (N-methyl/N-ethyl adjacent to an activating group) is 1. The molecule has 0 radical (unpaired) electrons. The first kappa shape index (κ1) is 20.3. The van der Waals surface area contributed by atoms with E-state index in [4.69, 9.17) is 0 Å². The standard InChI is InChI=1S/C21H25N3O3/c1-14-8-10-18(11-9-14)22-20(26)13-24(4)15(2)21(27)23-19-7-5-6-17(12-19)16(3)25/h5-12,15H,13H2,1-4H3,(H,22,26)(H,23,27)/t15-/m1/s1. The number of hydrogen-bond acceptors (Lipinski definition) is 4. The number of hydrogen-bond donors (Lipinski definition) is 2. The lowest BCUT2D eigenvalue weighted by Crippen LogP contribution is -2.43. The third-order valence-corrected chi connectivity index (χ3v) is 4.31. The Balaban J connectivity index is 1.91. The summed E-state index contributed by atoms with van der Waals surface area (Å²) in [6.45, 7) is 5.26. The van der Waals surface area contributed by atoms with Crippen molar-refractivity contribution in [2.24, 2.45) is 0 Å². The molecule has 0 aliphatic carbocycles. The van der Waals surface area contributed by atoms with Crippen molar-refractivity contribution in [1.29, 1.82) is 0 Å². The molecule has 142 valence electrons. The molecule has 0 saturated carbocycles. The number of anilines is 2. The molecule has 2 aromatic carbocycles. The lowest BCUT2D eigenvalue weighted by Gasteiger charge is -2.23. The first-order valence-corrected chi connectivity index (χ1v) is 8.75. The Hall–Kier alpha value is -2.99. The topological polar surface area (TPSA) is 78.5 Å². The van der Waals surface area contributed by atoms with E-state index in [0.29, 0.717) is 11.3 Å². The van der Waals surface area contributed by atoms with Crippen LogP contribution < -0.4 is 10.6 Å². The molecule has 2 rings (SSSR count). The molecule has 0 bridgehead atoms. The zero-order chi connectivity index (χ0) is 20.0. The SMILES string of the molecule is CC(=O)c1cccc(NC(=O)[C@@H](C)N(C)CC(=O)Nc2ccc(C)cc2)c1. The smallest absolute Gasteiger partial charge is 0.241 e. The van der Waals surface area contributed by atoms with Crippen molar-refractivity contribution in [3.05, 3.63) is 59.7 Å². The molecular weight excluding hydrogens is 342 g/mol. The summed E-state index contributed by atoms with van der Waals surface area (Å²) in [5.41, 5.74) is 2.92. The second kappa shape index (κ2) is 9.09. The number of carbonyl (C=O) groups is 3. The molecule has 0 saturated heterocycles. The van der Waals surface area contributed by atoms with Crippen LogP contribution in [0.3, 0.4) is 0 Å². The number of aryl methyl sites for hydroxylation is 1. The van der Waals surface area contributed by atoms with Gasteiger partial charge in [0.2, 0.25) is 11.8 Å². The van der Waals surface area contributed by atoms with Gasteiger partial charge in [0.1, 0.15) is 0 Å². The van der Waals surface area contributed by atoms with E-state index in [9.17, 15) is 14.4 Å². The Morgan fingerprint density at radius 2 is 1.67 bits per heavy atom. The minimum atomic E-state index is -0.519. The lowest BCUT2D eigenvalue weighted by molar-refractivity contribution is -0.122. The number of ketones is 1. The quantitative estimate of drug-likeness (QED) is 0.737. The summed E-state index contributed by atoms with van der Waals surface area (Å²) in [7, 11) is 1.71. The van der Waals surface area contributed by atoms with Crippen molar-refractivity contribution >= 4 is 29.0 Å². The molecule has 2 N–H and O–H groups in total. The van der Waals surface area contributed by atoms with Gasteiger partial charge >= 0.3 is 0 Å². The van der Waals surface area contributed by atoms with E-state index >= 15 is 0 Å². The first-order valence-electron chi connectivity index (χ1n) is 8.75. The minimum absolute atomic E-state index is 0.0657. The summed E-state index contributed by atoms with van der Waals surface area (Å²) >= 11 is 0. The lowest BCUT2D eigenvalue weighted by atomic mass is 10.1. The summed E-state index contributed by atoms with van der Waals surface area (Å²) in [5, 5.41) is 5.60. The summed E-state index contributed by atoms with van der Waals surface area (Å²) in [6, 6.07) is 13.8. The third kappa shape index (κ3) is 6.04. The number of nitrogens with zero attached hydrogens (tertiary/aromatic N) is 1. The Bertz CT molecular complexity index is 831. The molecule has 0 fully saturated rings. The van der Waals surface area contributed by atoms with Gasteiger partial charge in [0.05, 0.1) is 12.6 Å². The highest BCUT2D eigenvalue weighted by Gasteiger charge is 2.20. The zero-order valence-corrected chi connectivity index (χ0v) is 16.1. The summed E-state index contributed by atoms with van der Waals surface area (Å²) in [6.07, 6.45) is 0. The van der Waals surface area contributed by atoms with Crippen LogP contribution >= 0.6 is 0 Å². The molecule has 0 aromatic heterocycles. The molecule has 0 aliphatic rings. The van der Waals surface area contributed by atoms with E-state index in [1.54, 1.807) is 43.1 Å². The maximum absolute atomic E-state index is 12.4. The molecule has 0 aliphatic heterocycles. The fourth-order valence-corrected chi connectivity index (χ4v) is 2.46. The van der Waals surface area contributed by atoms with E-state index in [0.717, 1.165) is 11.3 Å². The van der Waals surface area contributed by atoms with E-state index < -0.39 is 6.04 Å². The molecule has 6 nitrogen and oxygen atoms in total. The molecule has 2 amide bonds. The second-order valence-corrected chi connectivity index (χ2v) is 6.63. The number of benzene rings is 2. The summed E-state index contributed by atoms with van der Waals surface area (Å²) < 4.78 is 0. The van der Waals surface area contributed by atoms with Crippen LogP contribution in [0.4, 0.5) is 11.4 Å². The van der Waals surface area contributed by atoms with Gasteiger partial charge in [0.25, 0.3) is 0 Å². The molecule has 2 aromatic rings. The highest BCUT2D eigenvalue weighted by Crippen LogP contribution is 2.13. The van der Waals surface area contributed by atoms with Crippen LogP contribution in [-0.4, -0.2) is 42.1 Å². The second-order valence-electron chi connectivity index (χ2n) is 6.63. The molecular formula is C21H25N3O3. The van der Waals surface area contributed by atoms with Gasteiger partial charge in [-0.1, -0.05) is 29.8 Å². The highest BCUT2D eigenvalue weighted by molar-refractivity contribution is 5.99. The minimum Gasteiger partial charge on any atom is -0.325 e. The maximum atomic E-state index is 12.4. The largest absolute Gasteiger partial charge is 0.325 e. The van der Waals surface area contributed by atoms with E-state index in [1.165, 1.54) is 6.92 Å². The monoisotopic (exact) mass is 367 g/mol. The summed E-state index contributed by atoms with van der Waals surface area (Å²) in [5.74, 6) is -0.509. The predicted octanol–water partition coefficient (Wildman–Crippen LogP) is 3.10. The van der Waals surface area contributed by atoms with Gasteiger partial charge in [-0.15, -0.1) is 0 Å². The van der Waals surface area contributed by atoms with Gasteiger partial charge in [0, 0.05) is 16.9 Å². The van der Waals surface area contributed by atoms with Crippen molar-refractivity contribution in [3.8, 4) is 0 Å². The number of carbonyl (C=O) groups excluding carboxylic acids is 3. The Morgan fingerprint density at radius 3 is 2.30 bits per heavy atom. The van der Waals surface area contributed by atoms with E-state index in [-0.39, 0.29) is 24.1 Å². The third-order valence-electron chi connectivity index (χ3n) is 4.31. The van der Waals surface area contributed by atoms with Gasteiger partial charge in [-0.25, -0.2) is 0 Å². The normalized spacial score (nSPS) is 11.7. The molecule has 27 heavy (non-hydrogen) atoms. The molecule has 1 atom stereocenters. The van der Waals surface area contributed by atoms with Crippen LogP contribution in [0.1, 0.15) is 29.8 Å². The first-order chi connectivity index (χ1) is 12.8. The molecule has 0 spiro atoms. The van der Waals surface area contributed by atoms with Crippen molar-refractivity contribution in [1.82, 2.24) is 4.90 Å². The van der Waals surface area contributed by atoms with Crippen LogP contribution in [0.5, 0.6) is 0 Å². The maximum Gasteiger partial charge on any atom is 0.241 e. The average molecular weight is 367 g/mol. The van der Waals surface area contributed by atoms with Gasteiger partial charge in [-0.2, -0.15) is 0 Å². The van der Waals surface area contributed by atoms with Gasteiger partial charge in [-0.05, 0) is 52.1 Å². The zero-order valence-electron chi connectivity index (χ0n) is 16.1. The summed E-state index contributed by atoms with van der Waals surface area (Å²) in [4.78, 5) is 37.7. The Labute approximate surface area is 159 Å². The molecule has 6 heteroatoms. The van der Waals surface area contributed by atoms with Crippen LogP contribution in [0.25, 0.3) is 0 Å². The van der Waals surface area contributed by atoms with Gasteiger partial charge in [-0.3, -0.25) is 19.3 Å². The van der Waals surface area contributed by atoms with E-state index in [2.05, 4.69) is 10.6 Å². The van der Waals surface area contributed by atoms with Crippen molar-refractivity contribution in [3.63, 3.8) is 0 Å². The van der Waals surface area contributed by atoms with Crippen LogP contribution in [-0.2, 0) is 9.59 Å². The fourth-order valence-electron chi connectivity index (χ4n) is 2.46. The van der Waals surface area contributed by atoms with Crippen molar-refractivity contribution in [2.45, 2.75) is 26.8 Å². The van der Waals surface area contributed by atoms with Crippen LogP contribution in [0.15, 0.2) is 48.5 Å². The Kier molecular flexibility index (Phi) is 6.85. The number of rotatable bonds is 7. The fraction of sp³-hybridized carbons (Fsp3) is 0.286. The van der Waals surface area contributed by atoms with E-state index in [1.807, 2.05) is 31.2 Å². The molecule has 0 heterocycles.